The molecule has 124 valence electrons. The van der Waals surface area contributed by atoms with Gasteiger partial charge in [0, 0.05) is 20.1 Å². The number of aromatic nitrogens is 4. The summed E-state index contributed by atoms with van der Waals surface area (Å²) < 4.78 is 1.79. The minimum Gasteiger partial charge on any atom is -0.385 e. The second-order valence-electron chi connectivity index (χ2n) is 6.49. The van der Waals surface area contributed by atoms with Gasteiger partial charge in [-0.25, -0.2) is 9.97 Å². The smallest absolute Gasteiger partial charge is 0.163 e. The average molecular weight is 323 g/mol. The Morgan fingerprint density at radius 2 is 1.79 bits per heavy atom. The van der Waals surface area contributed by atoms with Gasteiger partial charge >= 0.3 is 0 Å². The number of aliphatic hydroxyl groups is 1. The highest BCUT2D eigenvalue weighted by molar-refractivity contribution is 5.89. The monoisotopic (exact) mass is 323 g/mol. The van der Waals surface area contributed by atoms with Gasteiger partial charge in [-0.1, -0.05) is 30.3 Å². The molecule has 4 rings (SSSR count). The minimum atomic E-state index is -0.756. The summed E-state index contributed by atoms with van der Waals surface area (Å²) in [6.45, 7) is 3.50. The first-order valence-corrected chi connectivity index (χ1v) is 8.26. The molecule has 3 aromatic rings. The Hall–Kier alpha value is -2.47. The first-order chi connectivity index (χ1) is 11.6. The molecule has 0 radical (unpaired) electrons. The summed E-state index contributed by atoms with van der Waals surface area (Å²) >= 11 is 0. The molecule has 0 aliphatic carbocycles. The first kappa shape index (κ1) is 15.1. The number of fused-ring (bicyclic) bond motifs is 1. The molecule has 1 aliphatic rings. The molecule has 1 saturated heterocycles. The molecule has 24 heavy (non-hydrogen) atoms. The number of benzene rings is 1. The molecule has 1 fully saturated rings. The number of anilines is 1. The Morgan fingerprint density at radius 3 is 2.50 bits per heavy atom. The molecule has 0 bridgehead atoms. The van der Waals surface area contributed by atoms with Crippen molar-refractivity contribution in [2.24, 2.45) is 7.05 Å². The van der Waals surface area contributed by atoms with Gasteiger partial charge in [0.25, 0.3) is 0 Å². The van der Waals surface area contributed by atoms with Crippen LogP contribution < -0.4 is 4.90 Å². The lowest BCUT2D eigenvalue weighted by atomic mass is 9.84. The quantitative estimate of drug-likeness (QED) is 0.783. The van der Waals surface area contributed by atoms with Gasteiger partial charge in [0.05, 0.1) is 16.7 Å². The summed E-state index contributed by atoms with van der Waals surface area (Å²) in [5.41, 5.74) is 2.02. The first-order valence-electron chi connectivity index (χ1n) is 8.26. The van der Waals surface area contributed by atoms with Gasteiger partial charge in [0.15, 0.2) is 5.65 Å². The van der Waals surface area contributed by atoms with E-state index < -0.39 is 5.60 Å². The third kappa shape index (κ3) is 2.34. The summed E-state index contributed by atoms with van der Waals surface area (Å²) in [6, 6.07) is 9.94. The van der Waals surface area contributed by atoms with Crippen molar-refractivity contribution in [1.29, 1.82) is 0 Å². The molecule has 1 aromatic carbocycles. The number of piperidine rings is 1. The van der Waals surface area contributed by atoms with Gasteiger partial charge in [-0.05, 0) is 25.3 Å². The summed E-state index contributed by atoms with van der Waals surface area (Å²) in [7, 11) is 1.90. The zero-order chi connectivity index (χ0) is 16.7. The summed E-state index contributed by atoms with van der Waals surface area (Å²) in [5, 5.41) is 16.5. The Bertz CT molecular complexity index is 866. The predicted molar refractivity (Wildman–Crippen MR) is 92.8 cm³/mol. The van der Waals surface area contributed by atoms with Crippen LogP contribution in [0.2, 0.25) is 0 Å². The van der Waals surface area contributed by atoms with Crippen LogP contribution in [0.4, 0.5) is 5.82 Å². The van der Waals surface area contributed by atoms with E-state index >= 15 is 0 Å². The summed E-state index contributed by atoms with van der Waals surface area (Å²) in [5.74, 6) is 0.917. The maximum absolute atomic E-state index is 11.0. The SMILES string of the molecule is Cc1nn(C)c2ncnc(N3CCC(O)(c4ccccc4)CC3)c12. The van der Waals surface area contributed by atoms with Crippen LogP contribution in [-0.2, 0) is 12.6 Å². The van der Waals surface area contributed by atoms with Crippen molar-refractivity contribution in [3.05, 3.63) is 47.9 Å². The van der Waals surface area contributed by atoms with E-state index in [1.54, 1.807) is 11.0 Å². The highest BCUT2D eigenvalue weighted by atomic mass is 16.3. The fourth-order valence-corrected chi connectivity index (χ4v) is 3.62. The minimum absolute atomic E-state index is 0.682. The number of aryl methyl sites for hydroxylation is 2. The predicted octanol–water partition coefficient (Wildman–Crippen LogP) is 2.16. The van der Waals surface area contributed by atoms with Crippen LogP contribution in [0, 0.1) is 6.92 Å². The van der Waals surface area contributed by atoms with Crippen molar-refractivity contribution in [3.63, 3.8) is 0 Å². The zero-order valence-corrected chi connectivity index (χ0v) is 14.0. The maximum Gasteiger partial charge on any atom is 0.163 e. The molecule has 0 unspecified atom stereocenters. The molecule has 0 amide bonds. The fraction of sp³-hybridized carbons (Fsp3) is 0.389. The fourth-order valence-electron chi connectivity index (χ4n) is 3.62. The molecule has 3 heterocycles. The van der Waals surface area contributed by atoms with Crippen molar-refractivity contribution in [3.8, 4) is 0 Å². The van der Waals surface area contributed by atoms with Crippen molar-refractivity contribution in [1.82, 2.24) is 19.7 Å². The van der Waals surface area contributed by atoms with E-state index in [9.17, 15) is 5.11 Å². The van der Waals surface area contributed by atoms with E-state index in [0.29, 0.717) is 12.8 Å². The Labute approximate surface area is 140 Å². The lowest BCUT2D eigenvalue weighted by Crippen LogP contribution is -2.43. The van der Waals surface area contributed by atoms with Crippen molar-refractivity contribution >= 4 is 16.9 Å². The molecule has 1 N–H and O–H groups in total. The normalized spacial score (nSPS) is 17.4. The maximum atomic E-state index is 11.0. The largest absolute Gasteiger partial charge is 0.385 e. The van der Waals surface area contributed by atoms with Gasteiger partial charge in [0.2, 0.25) is 0 Å². The molecule has 6 nitrogen and oxygen atoms in total. The van der Waals surface area contributed by atoms with Gasteiger partial charge in [-0.3, -0.25) is 4.68 Å². The molecule has 0 saturated carbocycles. The van der Waals surface area contributed by atoms with Crippen molar-refractivity contribution in [2.75, 3.05) is 18.0 Å². The van der Waals surface area contributed by atoms with E-state index in [1.165, 1.54) is 0 Å². The van der Waals surface area contributed by atoms with Gasteiger partial charge in [-0.2, -0.15) is 5.10 Å². The third-order valence-electron chi connectivity index (χ3n) is 4.98. The van der Waals surface area contributed by atoms with Crippen LogP contribution in [0.25, 0.3) is 11.0 Å². The lowest BCUT2D eigenvalue weighted by Gasteiger charge is -2.39. The number of hydrogen-bond acceptors (Lipinski definition) is 5. The van der Waals surface area contributed by atoms with Crippen LogP contribution in [-0.4, -0.2) is 37.9 Å². The Balaban J connectivity index is 1.63. The van der Waals surface area contributed by atoms with Gasteiger partial charge in [0.1, 0.15) is 12.1 Å². The summed E-state index contributed by atoms with van der Waals surface area (Å²) in [6.07, 6.45) is 2.96. The molecule has 6 heteroatoms. The van der Waals surface area contributed by atoms with Crippen LogP contribution in [0.1, 0.15) is 24.1 Å². The lowest BCUT2D eigenvalue weighted by molar-refractivity contribution is 0.0117. The Morgan fingerprint density at radius 1 is 1.08 bits per heavy atom. The van der Waals surface area contributed by atoms with Crippen LogP contribution in [0.15, 0.2) is 36.7 Å². The van der Waals surface area contributed by atoms with Crippen LogP contribution in [0.5, 0.6) is 0 Å². The standard InChI is InChI=1S/C18H21N5O/c1-13-15-16(22(2)21-13)19-12-20-17(15)23-10-8-18(24,9-11-23)14-6-4-3-5-7-14/h3-7,12,24H,8-11H2,1-2H3. The van der Waals surface area contributed by atoms with E-state index in [2.05, 4.69) is 20.0 Å². The summed E-state index contributed by atoms with van der Waals surface area (Å²) in [4.78, 5) is 11.1. The highest BCUT2D eigenvalue weighted by Crippen LogP contribution is 2.35. The Kier molecular flexibility index (Phi) is 3.49. The second-order valence-corrected chi connectivity index (χ2v) is 6.49. The molecule has 2 aromatic heterocycles. The average Bonchev–Trinajstić information content (AvgIpc) is 2.91. The van der Waals surface area contributed by atoms with Crippen molar-refractivity contribution < 1.29 is 5.11 Å². The van der Waals surface area contributed by atoms with Gasteiger partial charge in [-0.15, -0.1) is 0 Å². The van der Waals surface area contributed by atoms with Crippen LogP contribution in [0.3, 0.4) is 0 Å². The zero-order valence-electron chi connectivity index (χ0n) is 14.0. The third-order valence-corrected chi connectivity index (χ3v) is 4.98. The highest BCUT2D eigenvalue weighted by Gasteiger charge is 2.35. The van der Waals surface area contributed by atoms with E-state index in [4.69, 9.17) is 0 Å². The second kappa shape index (κ2) is 5.56. The molecular weight excluding hydrogens is 302 g/mol. The van der Waals surface area contributed by atoms with Gasteiger partial charge < -0.3 is 10.0 Å². The number of hydrogen-bond donors (Lipinski definition) is 1. The van der Waals surface area contributed by atoms with E-state index in [-0.39, 0.29) is 0 Å². The topological polar surface area (TPSA) is 67.1 Å². The van der Waals surface area contributed by atoms with E-state index in [1.807, 2.05) is 44.3 Å². The number of rotatable bonds is 2. The van der Waals surface area contributed by atoms with Crippen molar-refractivity contribution in [2.45, 2.75) is 25.4 Å². The molecular formula is C18H21N5O. The molecule has 0 atom stereocenters. The molecule has 0 spiro atoms. The van der Waals surface area contributed by atoms with Crippen LogP contribution >= 0.6 is 0 Å². The number of nitrogens with zero attached hydrogens (tertiary/aromatic N) is 5. The van der Waals surface area contributed by atoms with E-state index in [0.717, 1.165) is 41.2 Å². The molecule has 1 aliphatic heterocycles.